The van der Waals surface area contributed by atoms with Gasteiger partial charge in [-0.25, -0.2) is 0 Å². The minimum Gasteiger partial charge on any atom is -0.497 e. The summed E-state index contributed by atoms with van der Waals surface area (Å²) in [4.78, 5) is 35.6. The van der Waals surface area contributed by atoms with Crippen LogP contribution in [0.25, 0.3) is 0 Å². The number of anilines is 1. The molecule has 1 aromatic carbocycles. The van der Waals surface area contributed by atoms with Crippen molar-refractivity contribution in [3.63, 3.8) is 0 Å². The highest BCUT2D eigenvalue weighted by Gasteiger charge is 2.34. The minimum atomic E-state index is -0.133. The van der Waals surface area contributed by atoms with E-state index in [-0.39, 0.29) is 24.9 Å². The SMILES string of the molecule is COc1ccc(C2=NCC(=O)N(CC(=O)N3CCOCC3)c3sc4c(c32)CCC4)cc1. The van der Waals surface area contributed by atoms with Gasteiger partial charge in [0.2, 0.25) is 11.8 Å². The van der Waals surface area contributed by atoms with Crippen molar-refractivity contribution in [2.45, 2.75) is 19.3 Å². The van der Waals surface area contributed by atoms with E-state index in [9.17, 15) is 9.59 Å². The van der Waals surface area contributed by atoms with Crippen molar-refractivity contribution in [1.82, 2.24) is 4.90 Å². The highest BCUT2D eigenvalue weighted by molar-refractivity contribution is 7.17. The van der Waals surface area contributed by atoms with Crippen LogP contribution in [0.3, 0.4) is 0 Å². The fraction of sp³-hybridized carbons (Fsp3) is 0.435. The van der Waals surface area contributed by atoms with Crippen LogP contribution in [0.2, 0.25) is 0 Å². The Morgan fingerprint density at radius 2 is 1.97 bits per heavy atom. The predicted molar refractivity (Wildman–Crippen MR) is 120 cm³/mol. The molecule has 0 saturated carbocycles. The Kier molecular flexibility index (Phi) is 5.50. The van der Waals surface area contributed by atoms with Crippen LogP contribution in [0, 0.1) is 0 Å². The quantitative estimate of drug-likeness (QED) is 0.733. The van der Waals surface area contributed by atoms with Crippen LogP contribution in [0.15, 0.2) is 29.3 Å². The molecule has 2 aliphatic heterocycles. The smallest absolute Gasteiger partial charge is 0.249 e. The average molecular weight is 440 g/mol. The largest absolute Gasteiger partial charge is 0.497 e. The number of amides is 2. The molecule has 0 N–H and O–H groups in total. The average Bonchev–Trinajstić information content (AvgIpc) is 3.37. The Balaban J connectivity index is 1.53. The second-order valence-electron chi connectivity index (χ2n) is 7.90. The zero-order valence-electron chi connectivity index (χ0n) is 17.6. The van der Waals surface area contributed by atoms with Crippen molar-refractivity contribution in [1.29, 1.82) is 0 Å². The van der Waals surface area contributed by atoms with Crippen LogP contribution in [0.5, 0.6) is 5.75 Å². The fourth-order valence-corrected chi connectivity index (χ4v) is 5.85. The number of methoxy groups -OCH3 is 1. The molecule has 0 bridgehead atoms. The van der Waals surface area contributed by atoms with E-state index in [4.69, 9.17) is 14.5 Å². The zero-order chi connectivity index (χ0) is 21.4. The van der Waals surface area contributed by atoms with E-state index in [2.05, 4.69) is 0 Å². The highest BCUT2D eigenvalue weighted by Crippen LogP contribution is 2.43. The molecule has 1 aliphatic carbocycles. The topological polar surface area (TPSA) is 71.4 Å². The number of thiophene rings is 1. The number of morpholine rings is 1. The number of carbonyl (C=O) groups is 2. The first-order chi connectivity index (χ1) is 15.2. The molecule has 31 heavy (non-hydrogen) atoms. The van der Waals surface area contributed by atoms with E-state index in [1.807, 2.05) is 24.3 Å². The Hall–Kier alpha value is -2.71. The summed E-state index contributed by atoms with van der Waals surface area (Å²) in [5, 5.41) is 0.864. The van der Waals surface area contributed by atoms with E-state index in [1.54, 1.807) is 28.2 Å². The van der Waals surface area contributed by atoms with Crippen molar-refractivity contribution in [2.75, 3.05) is 51.4 Å². The molecule has 3 aliphatic rings. The number of rotatable bonds is 4. The van der Waals surface area contributed by atoms with E-state index >= 15 is 0 Å². The monoisotopic (exact) mass is 439 g/mol. The van der Waals surface area contributed by atoms with Gasteiger partial charge in [0.15, 0.2) is 0 Å². The summed E-state index contributed by atoms with van der Waals surface area (Å²) in [6, 6.07) is 7.80. The van der Waals surface area contributed by atoms with Gasteiger partial charge in [-0.05, 0) is 49.1 Å². The lowest BCUT2D eigenvalue weighted by atomic mass is 9.99. The Morgan fingerprint density at radius 1 is 1.19 bits per heavy atom. The highest BCUT2D eigenvalue weighted by atomic mass is 32.1. The first-order valence-corrected chi connectivity index (χ1v) is 11.5. The number of ether oxygens (including phenoxy) is 2. The van der Waals surface area contributed by atoms with Crippen molar-refractivity contribution in [3.05, 3.63) is 45.8 Å². The first-order valence-electron chi connectivity index (χ1n) is 10.7. The van der Waals surface area contributed by atoms with Crippen molar-refractivity contribution in [2.24, 2.45) is 4.99 Å². The molecule has 5 rings (SSSR count). The Labute approximate surface area is 185 Å². The molecule has 0 unspecified atom stereocenters. The maximum absolute atomic E-state index is 13.1. The molecule has 1 aromatic heterocycles. The molecule has 8 heteroatoms. The summed E-state index contributed by atoms with van der Waals surface area (Å²) in [6.07, 6.45) is 3.11. The lowest BCUT2D eigenvalue weighted by molar-refractivity contribution is -0.134. The molecule has 0 spiro atoms. The molecule has 2 aromatic rings. The molecule has 1 saturated heterocycles. The van der Waals surface area contributed by atoms with Crippen molar-refractivity contribution < 1.29 is 19.1 Å². The normalized spacial score (nSPS) is 18.4. The minimum absolute atomic E-state index is 0.0356. The van der Waals surface area contributed by atoms with Gasteiger partial charge in [0.05, 0.1) is 26.0 Å². The molecular weight excluding hydrogens is 414 g/mol. The van der Waals surface area contributed by atoms with Crippen LogP contribution in [-0.2, 0) is 27.2 Å². The summed E-state index contributed by atoms with van der Waals surface area (Å²) in [5.41, 5.74) is 4.12. The third kappa shape index (κ3) is 3.74. The molecule has 162 valence electrons. The van der Waals surface area contributed by atoms with E-state index in [0.29, 0.717) is 26.3 Å². The summed E-state index contributed by atoms with van der Waals surface area (Å²) >= 11 is 1.65. The van der Waals surface area contributed by atoms with Crippen LogP contribution in [0.4, 0.5) is 5.00 Å². The van der Waals surface area contributed by atoms with E-state index in [0.717, 1.165) is 46.9 Å². The first kappa shape index (κ1) is 20.2. The Bertz CT molecular complexity index is 1040. The van der Waals surface area contributed by atoms with Gasteiger partial charge in [0, 0.05) is 29.1 Å². The van der Waals surface area contributed by atoms with Crippen molar-refractivity contribution >= 4 is 33.9 Å². The van der Waals surface area contributed by atoms with E-state index in [1.165, 1.54) is 10.4 Å². The maximum Gasteiger partial charge on any atom is 0.249 e. The second kappa shape index (κ2) is 8.43. The van der Waals surface area contributed by atoms with Gasteiger partial charge in [-0.15, -0.1) is 11.3 Å². The number of hydrogen-bond acceptors (Lipinski definition) is 6. The van der Waals surface area contributed by atoms with Gasteiger partial charge in [-0.2, -0.15) is 0 Å². The van der Waals surface area contributed by atoms with Gasteiger partial charge in [0.1, 0.15) is 23.8 Å². The molecule has 7 nitrogen and oxygen atoms in total. The lowest BCUT2D eigenvalue weighted by Crippen LogP contribution is -2.47. The summed E-state index contributed by atoms with van der Waals surface area (Å²) in [5.74, 6) is 0.609. The maximum atomic E-state index is 13.1. The fourth-order valence-electron chi connectivity index (χ4n) is 4.44. The zero-order valence-corrected chi connectivity index (χ0v) is 18.4. The van der Waals surface area contributed by atoms with Crippen LogP contribution >= 0.6 is 11.3 Å². The standard InChI is InChI=1S/C23H25N3O4S/c1-29-16-7-5-15(6-8-16)22-21-17-3-2-4-18(17)31-23(21)26(19(27)13-24-22)14-20(28)25-9-11-30-12-10-25/h5-8H,2-4,9-14H2,1H3. The van der Waals surface area contributed by atoms with Gasteiger partial charge in [-0.3, -0.25) is 19.5 Å². The number of hydrogen-bond donors (Lipinski definition) is 0. The van der Waals surface area contributed by atoms with E-state index < -0.39 is 0 Å². The number of fused-ring (bicyclic) bond motifs is 3. The number of carbonyl (C=O) groups excluding carboxylic acids is 2. The third-order valence-electron chi connectivity index (χ3n) is 6.08. The molecule has 0 atom stereocenters. The van der Waals surface area contributed by atoms with Crippen LogP contribution in [-0.4, -0.2) is 68.9 Å². The number of aryl methyl sites for hydroxylation is 1. The number of nitrogens with zero attached hydrogens (tertiary/aromatic N) is 3. The van der Waals surface area contributed by atoms with Crippen molar-refractivity contribution in [3.8, 4) is 5.75 Å². The third-order valence-corrected chi connectivity index (χ3v) is 7.39. The van der Waals surface area contributed by atoms with Gasteiger partial charge >= 0.3 is 0 Å². The number of aliphatic imine (C=N–C) groups is 1. The summed E-state index contributed by atoms with van der Waals surface area (Å²) < 4.78 is 10.7. The Morgan fingerprint density at radius 3 is 2.71 bits per heavy atom. The van der Waals surface area contributed by atoms with Gasteiger partial charge in [0.25, 0.3) is 0 Å². The molecule has 2 amide bonds. The second-order valence-corrected chi connectivity index (χ2v) is 8.99. The van der Waals surface area contributed by atoms with Gasteiger partial charge < -0.3 is 14.4 Å². The summed E-state index contributed by atoms with van der Waals surface area (Å²) in [6.45, 7) is 2.32. The van der Waals surface area contributed by atoms with Crippen LogP contribution in [0.1, 0.15) is 28.0 Å². The molecular formula is C23H25N3O4S. The lowest BCUT2D eigenvalue weighted by Gasteiger charge is -2.29. The summed E-state index contributed by atoms with van der Waals surface area (Å²) in [7, 11) is 1.64. The predicted octanol–water partition coefficient (Wildman–Crippen LogP) is 2.29. The molecule has 3 heterocycles. The number of benzene rings is 1. The van der Waals surface area contributed by atoms with Gasteiger partial charge in [-0.1, -0.05) is 0 Å². The molecule has 1 fully saturated rings. The molecule has 0 radical (unpaired) electrons. The van der Waals surface area contributed by atoms with Crippen LogP contribution < -0.4 is 9.64 Å².